The molecule has 132 valence electrons. The van der Waals surface area contributed by atoms with Crippen LogP contribution in [-0.4, -0.2) is 40.0 Å². The third kappa shape index (κ3) is 4.18. The Kier molecular flexibility index (Phi) is 5.48. The zero-order chi connectivity index (χ0) is 18.5. The van der Waals surface area contributed by atoms with Gasteiger partial charge in [-0.2, -0.15) is 0 Å². The molecule has 0 aliphatic carbocycles. The van der Waals surface area contributed by atoms with Gasteiger partial charge in [-0.15, -0.1) is 0 Å². The van der Waals surface area contributed by atoms with E-state index in [0.29, 0.717) is 10.6 Å². The number of rotatable bonds is 5. The summed E-state index contributed by atoms with van der Waals surface area (Å²) in [6, 6.07) is 12.7. The van der Waals surface area contributed by atoms with Gasteiger partial charge in [-0.25, -0.2) is 0 Å². The standard InChI is InChI=1S/C19H17N3O3S/c1-13-5-7-14(8-6-13)12-16-18(24)22(19(25)26-16)11-10-21-17(23)15-4-2-3-9-20-15/h2-9,12H,10-11H2,1H3,(H,21,23)/b16-12+. The first-order valence-electron chi connectivity index (χ1n) is 8.06. The highest BCUT2D eigenvalue weighted by Crippen LogP contribution is 2.31. The van der Waals surface area contributed by atoms with E-state index in [0.717, 1.165) is 27.8 Å². The minimum Gasteiger partial charge on any atom is -0.349 e. The number of carbonyl (C=O) groups excluding carboxylic acids is 3. The van der Waals surface area contributed by atoms with Crippen LogP contribution >= 0.6 is 11.8 Å². The van der Waals surface area contributed by atoms with E-state index in [2.05, 4.69) is 10.3 Å². The molecular weight excluding hydrogens is 350 g/mol. The number of aryl methyl sites for hydroxylation is 1. The Morgan fingerprint density at radius 2 is 1.96 bits per heavy atom. The first-order chi connectivity index (χ1) is 12.5. The number of hydrogen-bond acceptors (Lipinski definition) is 5. The molecule has 0 radical (unpaired) electrons. The third-order valence-electron chi connectivity index (χ3n) is 3.77. The largest absolute Gasteiger partial charge is 0.349 e. The molecule has 1 aromatic heterocycles. The molecular formula is C19H17N3O3S. The predicted molar refractivity (Wildman–Crippen MR) is 100 cm³/mol. The molecule has 6 nitrogen and oxygen atoms in total. The van der Waals surface area contributed by atoms with Crippen molar-refractivity contribution < 1.29 is 14.4 Å². The highest BCUT2D eigenvalue weighted by Gasteiger charge is 2.34. The first-order valence-corrected chi connectivity index (χ1v) is 8.87. The number of aromatic nitrogens is 1. The quantitative estimate of drug-likeness (QED) is 0.822. The average molecular weight is 367 g/mol. The molecule has 26 heavy (non-hydrogen) atoms. The molecule has 2 heterocycles. The number of pyridine rings is 1. The van der Waals surface area contributed by atoms with Crippen LogP contribution in [0.4, 0.5) is 4.79 Å². The Labute approximate surface area is 155 Å². The van der Waals surface area contributed by atoms with Crippen LogP contribution in [0.3, 0.4) is 0 Å². The Balaban J connectivity index is 1.59. The summed E-state index contributed by atoms with van der Waals surface area (Å²) in [7, 11) is 0. The minimum atomic E-state index is -0.340. The number of amides is 3. The summed E-state index contributed by atoms with van der Waals surface area (Å²) in [6.45, 7) is 2.27. The van der Waals surface area contributed by atoms with E-state index in [4.69, 9.17) is 0 Å². The SMILES string of the molecule is Cc1ccc(/C=C2/SC(=O)N(CCNC(=O)c3ccccn3)C2=O)cc1. The van der Waals surface area contributed by atoms with Crippen molar-refractivity contribution in [2.24, 2.45) is 0 Å². The Morgan fingerprint density at radius 3 is 2.65 bits per heavy atom. The van der Waals surface area contributed by atoms with E-state index in [9.17, 15) is 14.4 Å². The second-order valence-corrected chi connectivity index (χ2v) is 6.71. The van der Waals surface area contributed by atoms with Crippen LogP contribution in [0.2, 0.25) is 0 Å². The van der Waals surface area contributed by atoms with Gasteiger partial charge in [0.25, 0.3) is 17.1 Å². The maximum Gasteiger partial charge on any atom is 0.293 e. The molecule has 1 aromatic carbocycles. The number of nitrogens with zero attached hydrogens (tertiary/aromatic N) is 2. The summed E-state index contributed by atoms with van der Waals surface area (Å²) in [6.07, 6.45) is 3.23. The second kappa shape index (κ2) is 7.97. The fraction of sp³-hybridized carbons (Fsp3) is 0.158. The number of hydrogen-bond donors (Lipinski definition) is 1. The van der Waals surface area contributed by atoms with Crippen LogP contribution in [0, 0.1) is 6.92 Å². The van der Waals surface area contributed by atoms with E-state index in [1.165, 1.54) is 6.20 Å². The maximum atomic E-state index is 12.4. The normalized spacial score (nSPS) is 15.6. The van der Waals surface area contributed by atoms with Gasteiger partial charge < -0.3 is 5.32 Å². The molecule has 0 unspecified atom stereocenters. The Bertz CT molecular complexity index is 863. The monoisotopic (exact) mass is 367 g/mol. The number of thioether (sulfide) groups is 1. The van der Waals surface area contributed by atoms with Crippen molar-refractivity contribution in [3.05, 3.63) is 70.4 Å². The van der Waals surface area contributed by atoms with Crippen LogP contribution in [0.5, 0.6) is 0 Å². The third-order valence-corrected chi connectivity index (χ3v) is 4.67. The molecule has 1 saturated heterocycles. The van der Waals surface area contributed by atoms with Crippen molar-refractivity contribution in [1.82, 2.24) is 15.2 Å². The van der Waals surface area contributed by atoms with Gasteiger partial charge in [-0.3, -0.25) is 24.3 Å². The Hall–Kier alpha value is -2.93. The fourth-order valence-corrected chi connectivity index (χ4v) is 3.24. The van der Waals surface area contributed by atoms with E-state index >= 15 is 0 Å². The number of imide groups is 1. The summed E-state index contributed by atoms with van der Waals surface area (Å²) in [5, 5.41) is 2.33. The summed E-state index contributed by atoms with van der Waals surface area (Å²) in [4.78, 5) is 41.9. The molecule has 7 heteroatoms. The first kappa shape index (κ1) is 17.9. The van der Waals surface area contributed by atoms with Gasteiger partial charge in [-0.1, -0.05) is 35.9 Å². The van der Waals surface area contributed by atoms with Gasteiger partial charge in [-0.05, 0) is 42.5 Å². The summed E-state index contributed by atoms with van der Waals surface area (Å²) < 4.78 is 0. The highest BCUT2D eigenvalue weighted by atomic mass is 32.2. The molecule has 1 fully saturated rings. The molecule has 3 amide bonds. The van der Waals surface area contributed by atoms with Crippen molar-refractivity contribution in [2.45, 2.75) is 6.92 Å². The molecule has 1 N–H and O–H groups in total. The molecule has 3 rings (SSSR count). The molecule has 1 aliphatic heterocycles. The lowest BCUT2D eigenvalue weighted by Gasteiger charge is -2.12. The number of carbonyl (C=O) groups is 3. The predicted octanol–water partition coefficient (Wildman–Crippen LogP) is 2.86. The fourth-order valence-electron chi connectivity index (χ4n) is 2.38. The van der Waals surface area contributed by atoms with E-state index < -0.39 is 0 Å². The second-order valence-electron chi connectivity index (χ2n) is 5.71. The number of nitrogens with one attached hydrogen (secondary N) is 1. The van der Waals surface area contributed by atoms with Gasteiger partial charge >= 0.3 is 0 Å². The van der Waals surface area contributed by atoms with Gasteiger partial charge in [0.2, 0.25) is 0 Å². The minimum absolute atomic E-state index is 0.120. The topological polar surface area (TPSA) is 79.4 Å². The van der Waals surface area contributed by atoms with Gasteiger partial charge in [0.05, 0.1) is 4.91 Å². The summed E-state index contributed by atoms with van der Waals surface area (Å²) in [5.41, 5.74) is 2.28. The molecule has 1 aliphatic rings. The lowest BCUT2D eigenvalue weighted by atomic mass is 10.1. The van der Waals surface area contributed by atoms with Crippen molar-refractivity contribution in [3.8, 4) is 0 Å². The lowest BCUT2D eigenvalue weighted by Crippen LogP contribution is -2.37. The van der Waals surface area contributed by atoms with Crippen LogP contribution in [0.15, 0.2) is 53.6 Å². The van der Waals surface area contributed by atoms with Crippen molar-refractivity contribution >= 4 is 34.9 Å². The van der Waals surface area contributed by atoms with Crippen molar-refractivity contribution in [2.75, 3.05) is 13.1 Å². The molecule has 0 atom stereocenters. The van der Waals surface area contributed by atoms with Crippen LogP contribution < -0.4 is 5.32 Å². The van der Waals surface area contributed by atoms with Crippen molar-refractivity contribution in [3.63, 3.8) is 0 Å². The molecule has 0 saturated carbocycles. The zero-order valence-corrected chi connectivity index (χ0v) is 15.0. The molecule has 0 spiro atoms. The Morgan fingerprint density at radius 1 is 1.19 bits per heavy atom. The van der Waals surface area contributed by atoms with E-state index in [1.54, 1.807) is 24.3 Å². The van der Waals surface area contributed by atoms with Gasteiger partial charge in [0.1, 0.15) is 5.69 Å². The van der Waals surface area contributed by atoms with Gasteiger partial charge in [0.15, 0.2) is 0 Å². The highest BCUT2D eigenvalue weighted by molar-refractivity contribution is 8.18. The smallest absolute Gasteiger partial charge is 0.293 e. The van der Waals surface area contributed by atoms with Crippen LogP contribution in [-0.2, 0) is 4.79 Å². The zero-order valence-electron chi connectivity index (χ0n) is 14.1. The number of benzene rings is 1. The van der Waals surface area contributed by atoms with Crippen molar-refractivity contribution in [1.29, 1.82) is 0 Å². The average Bonchev–Trinajstić information content (AvgIpc) is 2.91. The maximum absolute atomic E-state index is 12.4. The molecule has 2 aromatic rings. The summed E-state index contributed by atoms with van der Waals surface area (Å²) in [5.74, 6) is -0.680. The summed E-state index contributed by atoms with van der Waals surface area (Å²) >= 11 is 0.910. The van der Waals surface area contributed by atoms with Gasteiger partial charge in [0, 0.05) is 19.3 Å². The lowest BCUT2D eigenvalue weighted by molar-refractivity contribution is -0.122. The van der Waals surface area contributed by atoms with E-state index in [1.807, 2.05) is 31.2 Å². The van der Waals surface area contributed by atoms with Crippen LogP contribution in [0.1, 0.15) is 21.6 Å². The van der Waals surface area contributed by atoms with E-state index in [-0.39, 0.29) is 30.1 Å². The van der Waals surface area contributed by atoms with Crippen LogP contribution in [0.25, 0.3) is 6.08 Å². The molecule has 0 bridgehead atoms.